The second-order valence-electron chi connectivity index (χ2n) is 10.0. The summed E-state index contributed by atoms with van der Waals surface area (Å²) in [4.78, 5) is 41.2. The molecular formula is C27H28F9N5O6S. The molecule has 266 valence electrons. The van der Waals surface area contributed by atoms with E-state index in [1.165, 1.54) is 22.1 Å². The maximum Gasteiger partial charge on any atom is 0.490 e. The second-order valence-corrected chi connectivity index (χ2v) is 11.0. The number of rotatable bonds is 3. The van der Waals surface area contributed by atoms with Gasteiger partial charge < -0.3 is 19.9 Å². The molecule has 0 unspecified atom stereocenters. The van der Waals surface area contributed by atoms with Crippen molar-refractivity contribution in [3.8, 4) is 11.3 Å². The van der Waals surface area contributed by atoms with Crippen LogP contribution in [-0.4, -0.2) is 103 Å². The summed E-state index contributed by atoms with van der Waals surface area (Å²) in [6.07, 6.45) is -9.02. The Labute approximate surface area is 269 Å². The minimum absolute atomic E-state index is 0.0602. The summed E-state index contributed by atoms with van der Waals surface area (Å²) in [5, 5.41) is 24.7. The Morgan fingerprint density at radius 3 is 1.69 bits per heavy atom. The molecule has 0 bridgehead atoms. The van der Waals surface area contributed by atoms with E-state index < -0.39 is 36.4 Å². The van der Waals surface area contributed by atoms with Crippen molar-refractivity contribution in [1.29, 1.82) is 0 Å². The average Bonchev–Trinajstić information content (AvgIpc) is 3.67. The summed E-state index contributed by atoms with van der Waals surface area (Å²) >= 11 is 1.75. The Morgan fingerprint density at radius 1 is 0.792 bits per heavy atom. The molecule has 48 heavy (non-hydrogen) atoms. The van der Waals surface area contributed by atoms with E-state index in [-0.39, 0.29) is 5.54 Å². The van der Waals surface area contributed by atoms with Gasteiger partial charge in [-0.25, -0.2) is 24.4 Å². The average molecular weight is 722 g/mol. The number of alkyl halides is 9. The number of carboxylic acids is 3. The third-order valence-electron chi connectivity index (χ3n) is 6.98. The first-order valence-corrected chi connectivity index (χ1v) is 14.3. The summed E-state index contributed by atoms with van der Waals surface area (Å²) in [5.74, 6) is -7.02. The molecule has 0 amide bonds. The molecular weight excluding hydrogens is 693 g/mol. The molecule has 3 aromatic rings. The van der Waals surface area contributed by atoms with E-state index in [1.807, 2.05) is 6.20 Å². The Bertz CT molecular complexity index is 1430. The van der Waals surface area contributed by atoms with E-state index in [9.17, 15) is 39.5 Å². The lowest BCUT2D eigenvalue weighted by molar-refractivity contribution is -0.193. The van der Waals surface area contributed by atoms with Gasteiger partial charge >= 0.3 is 36.4 Å². The Hall–Kier alpha value is -4.24. The molecule has 1 fully saturated rings. The Balaban J connectivity index is 0.000000313. The normalized spacial score (nSPS) is 16.2. The first-order valence-electron chi connectivity index (χ1n) is 13.4. The number of fused-ring (bicyclic) bond motifs is 2. The largest absolute Gasteiger partial charge is 0.490 e. The van der Waals surface area contributed by atoms with Crippen molar-refractivity contribution in [2.45, 2.75) is 50.0 Å². The lowest BCUT2D eigenvalue weighted by Gasteiger charge is -2.49. The third kappa shape index (κ3) is 11.2. The molecule has 3 N–H and O–H groups in total. The second kappa shape index (κ2) is 16.2. The number of carbonyl (C=O) groups is 3. The van der Waals surface area contributed by atoms with E-state index in [2.05, 4.69) is 68.3 Å². The number of nitrogens with zero attached hydrogens (tertiary/aromatic N) is 5. The van der Waals surface area contributed by atoms with Crippen molar-refractivity contribution < 1.29 is 69.2 Å². The van der Waals surface area contributed by atoms with Crippen LogP contribution in [0.5, 0.6) is 0 Å². The van der Waals surface area contributed by atoms with Crippen LogP contribution < -0.4 is 0 Å². The number of imidazole rings is 1. The fourth-order valence-corrected chi connectivity index (χ4v) is 5.31. The molecule has 1 aromatic carbocycles. The molecule has 0 atom stereocenters. The first kappa shape index (κ1) is 39.9. The van der Waals surface area contributed by atoms with Gasteiger partial charge in [0.15, 0.2) is 0 Å². The minimum Gasteiger partial charge on any atom is -0.475 e. The summed E-state index contributed by atoms with van der Waals surface area (Å²) in [5.41, 5.74) is 2.57. The number of halogens is 9. The zero-order valence-corrected chi connectivity index (χ0v) is 25.5. The van der Waals surface area contributed by atoms with Crippen molar-refractivity contribution in [3.05, 3.63) is 58.9 Å². The van der Waals surface area contributed by atoms with Gasteiger partial charge in [-0.3, -0.25) is 9.80 Å². The van der Waals surface area contributed by atoms with Crippen LogP contribution in [0.25, 0.3) is 11.3 Å². The zero-order valence-electron chi connectivity index (χ0n) is 24.7. The highest BCUT2D eigenvalue weighted by atomic mass is 32.1. The molecule has 0 saturated carbocycles. The van der Waals surface area contributed by atoms with Gasteiger partial charge in [0.25, 0.3) is 0 Å². The summed E-state index contributed by atoms with van der Waals surface area (Å²) < 4.78 is 97.7. The van der Waals surface area contributed by atoms with Crippen LogP contribution in [0.1, 0.15) is 23.7 Å². The number of likely N-dealkylation sites (tertiary alicyclic amines) is 1. The lowest BCUT2D eigenvalue weighted by atomic mass is 9.83. The van der Waals surface area contributed by atoms with Crippen LogP contribution in [0.2, 0.25) is 0 Å². The van der Waals surface area contributed by atoms with E-state index >= 15 is 0 Å². The van der Waals surface area contributed by atoms with E-state index in [1.54, 1.807) is 11.3 Å². The van der Waals surface area contributed by atoms with Crippen molar-refractivity contribution >= 4 is 29.2 Å². The molecule has 21 heteroatoms. The van der Waals surface area contributed by atoms with Crippen LogP contribution in [0.4, 0.5) is 39.5 Å². The molecule has 0 aliphatic carbocycles. The van der Waals surface area contributed by atoms with Gasteiger partial charge in [0.05, 0.1) is 24.0 Å². The molecule has 2 aliphatic rings. The van der Waals surface area contributed by atoms with Crippen LogP contribution in [0, 0.1) is 0 Å². The smallest absolute Gasteiger partial charge is 0.475 e. The number of hydrogen-bond donors (Lipinski definition) is 3. The fraction of sp³-hybridized carbons (Fsp3) is 0.444. The van der Waals surface area contributed by atoms with Gasteiger partial charge in [-0.15, -0.1) is 11.3 Å². The van der Waals surface area contributed by atoms with E-state index in [4.69, 9.17) is 34.7 Å². The highest BCUT2D eigenvalue weighted by Crippen LogP contribution is 2.41. The van der Waals surface area contributed by atoms with Crippen LogP contribution in [0.15, 0.2) is 48.1 Å². The van der Waals surface area contributed by atoms with Crippen molar-refractivity contribution in [2.75, 3.05) is 26.7 Å². The quantitative estimate of drug-likeness (QED) is 0.303. The van der Waals surface area contributed by atoms with E-state index in [0.29, 0.717) is 0 Å². The number of aromatic nitrogens is 3. The number of likely N-dealkylation sites (N-methyl/N-ethyl adjacent to an activating group) is 1. The van der Waals surface area contributed by atoms with Gasteiger partial charge in [-0.1, -0.05) is 30.3 Å². The zero-order chi connectivity index (χ0) is 36.5. The third-order valence-corrected chi connectivity index (χ3v) is 7.75. The number of thiazole rings is 1. The fourth-order valence-electron chi connectivity index (χ4n) is 4.66. The number of hydrogen-bond acceptors (Lipinski definition) is 8. The summed E-state index contributed by atoms with van der Waals surface area (Å²) in [6, 6.07) is 10.7. The highest BCUT2D eigenvalue weighted by molar-refractivity contribution is 7.09. The van der Waals surface area contributed by atoms with Crippen molar-refractivity contribution in [3.63, 3.8) is 0 Å². The van der Waals surface area contributed by atoms with Gasteiger partial charge in [0.1, 0.15) is 10.8 Å². The highest BCUT2D eigenvalue weighted by Gasteiger charge is 2.46. The summed E-state index contributed by atoms with van der Waals surface area (Å²) in [6.45, 7) is 5.26. The predicted octanol–water partition coefficient (Wildman–Crippen LogP) is 5.34. The molecule has 0 radical (unpaired) electrons. The van der Waals surface area contributed by atoms with Crippen LogP contribution >= 0.6 is 11.3 Å². The minimum atomic E-state index is -5.08. The first-order chi connectivity index (χ1) is 22.1. The SMILES string of the molecule is CN1CCn2c(-c3ccccc3)cnc2C12CCN(Cc1nccs1)CC2.O=C(O)C(F)(F)F.O=C(O)C(F)(F)F.O=C(O)C(F)(F)F. The van der Waals surface area contributed by atoms with Crippen LogP contribution in [0.3, 0.4) is 0 Å². The van der Waals surface area contributed by atoms with E-state index in [0.717, 1.165) is 45.6 Å². The predicted molar refractivity (Wildman–Crippen MR) is 150 cm³/mol. The van der Waals surface area contributed by atoms with Crippen molar-refractivity contribution in [2.24, 2.45) is 0 Å². The molecule has 1 spiro atoms. The molecule has 1 saturated heterocycles. The molecule has 4 heterocycles. The summed E-state index contributed by atoms with van der Waals surface area (Å²) in [7, 11) is 2.27. The molecule has 11 nitrogen and oxygen atoms in total. The maximum atomic E-state index is 10.6. The number of aliphatic carboxylic acids is 3. The van der Waals surface area contributed by atoms with Crippen molar-refractivity contribution in [1.82, 2.24) is 24.3 Å². The van der Waals surface area contributed by atoms with Crippen LogP contribution in [-0.2, 0) is 33.0 Å². The van der Waals surface area contributed by atoms with Gasteiger partial charge in [-0.2, -0.15) is 39.5 Å². The van der Waals surface area contributed by atoms with Gasteiger partial charge in [-0.05, 0) is 25.5 Å². The molecule has 2 aromatic heterocycles. The maximum absolute atomic E-state index is 10.6. The molecule has 2 aliphatic heterocycles. The molecule has 5 rings (SSSR count). The lowest BCUT2D eigenvalue weighted by Crippen LogP contribution is -2.56. The Morgan fingerprint density at radius 2 is 1.27 bits per heavy atom. The van der Waals surface area contributed by atoms with Gasteiger partial charge in [0, 0.05) is 37.8 Å². The number of piperidine rings is 1. The Kier molecular flexibility index (Phi) is 13.5. The number of carboxylic acid groups (broad SMARTS) is 3. The topological polar surface area (TPSA) is 149 Å². The number of benzene rings is 1. The van der Waals surface area contributed by atoms with Gasteiger partial charge in [0.2, 0.25) is 0 Å². The standard InChI is InChI=1S/C21H25N5S.3C2HF3O2/c1-24-12-13-26-18(17-5-3-2-4-6-17)15-23-20(26)21(24)7-10-25(11-8-21)16-19-22-9-14-27-19;3*3-2(4,5)1(6)7/h2-6,9,14-15H,7-8,10-13,16H2,1H3;3*(H,6,7). The monoisotopic (exact) mass is 721 g/mol.